The van der Waals surface area contributed by atoms with Gasteiger partial charge in [-0.3, -0.25) is 9.10 Å². The summed E-state index contributed by atoms with van der Waals surface area (Å²) in [5, 5.41) is 3.31. The molecule has 3 aromatic carbocycles. The van der Waals surface area contributed by atoms with Crippen LogP contribution in [-0.2, 0) is 14.8 Å². The molecule has 0 radical (unpaired) electrons. The number of hydrogen-bond acceptors (Lipinski definition) is 3. The molecular formula is C24H24Cl2N2O3S. The Kier molecular flexibility index (Phi) is 7.49. The molecule has 0 saturated carbocycles. The van der Waals surface area contributed by atoms with E-state index >= 15 is 0 Å². The van der Waals surface area contributed by atoms with Gasteiger partial charge in [-0.05, 0) is 54.8 Å². The zero-order valence-corrected chi connectivity index (χ0v) is 20.3. The highest BCUT2D eigenvalue weighted by molar-refractivity contribution is 7.92. The minimum atomic E-state index is -4.09. The first-order valence-corrected chi connectivity index (χ1v) is 12.2. The Morgan fingerprint density at radius 1 is 1.00 bits per heavy atom. The van der Waals surface area contributed by atoms with E-state index in [9.17, 15) is 13.2 Å². The normalized spacial score (nSPS) is 11.4. The van der Waals surface area contributed by atoms with E-state index in [1.165, 1.54) is 24.3 Å². The lowest BCUT2D eigenvalue weighted by Crippen LogP contribution is -2.38. The summed E-state index contributed by atoms with van der Waals surface area (Å²) in [6.45, 7) is 5.43. The van der Waals surface area contributed by atoms with Gasteiger partial charge in [0.05, 0.1) is 15.6 Å². The quantitative estimate of drug-likeness (QED) is 0.424. The van der Waals surface area contributed by atoms with Crippen LogP contribution in [0.1, 0.15) is 30.9 Å². The van der Waals surface area contributed by atoms with E-state index in [2.05, 4.69) is 5.32 Å². The molecule has 0 aliphatic heterocycles. The molecular weight excluding hydrogens is 467 g/mol. The van der Waals surface area contributed by atoms with Crippen molar-refractivity contribution in [1.82, 2.24) is 0 Å². The molecule has 8 heteroatoms. The number of amides is 1. The number of hydrogen-bond donors (Lipinski definition) is 1. The van der Waals surface area contributed by atoms with E-state index in [4.69, 9.17) is 23.2 Å². The molecule has 5 nitrogen and oxygen atoms in total. The molecule has 0 fully saturated rings. The molecule has 0 spiro atoms. The van der Waals surface area contributed by atoms with Gasteiger partial charge in [0.1, 0.15) is 6.54 Å². The number of halogens is 2. The molecule has 3 aromatic rings. The first-order chi connectivity index (χ1) is 15.1. The molecule has 0 heterocycles. The van der Waals surface area contributed by atoms with Crippen LogP contribution in [0.2, 0.25) is 10.0 Å². The minimum absolute atomic E-state index is 0.0505. The van der Waals surface area contributed by atoms with Gasteiger partial charge < -0.3 is 5.32 Å². The number of benzene rings is 3. The van der Waals surface area contributed by atoms with Gasteiger partial charge in [-0.15, -0.1) is 0 Å². The van der Waals surface area contributed by atoms with Crippen LogP contribution in [0.4, 0.5) is 11.4 Å². The number of nitrogens with one attached hydrogen (secondary N) is 1. The molecule has 32 heavy (non-hydrogen) atoms. The van der Waals surface area contributed by atoms with Gasteiger partial charge in [-0.25, -0.2) is 8.42 Å². The number of aryl methyl sites for hydroxylation is 1. The fraction of sp³-hybridized carbons (Fsp3) is 0.208. The second-order valence-electron chi connectivity index (χ2n) is 7.71. The van der Waals surface area contributed by atoms with Crippen molar-refractivity contribution in [2.45, 2.75) is 31.6 Å². The maximum absolute atomic E-state index is 13.5. The van der Waals surface area contributed by atoms with Crippen molar-refractivity contribution in [3.63, 3.8) is 0 Å². The standard InChI is InChI=1S/C24H24Cl2N2O3S/c1-16(2)20-6-4-5-7-22(20)27-24(29)15-28(23-14-18(25)10-13-21(23)26)32(30,31)19-11-8-17(3)9-12-19/h4-14,16H,15H2,1-3H3,(H,27,29). The summed E-state index contributed by atoms with van der Waals surface area (Å²) < 4.78 is 28.0. The number of para-hydroxylation sites is 1. The van der Waals surface area contributed by atoms with Gasteiger partial charge in [0, 0.05) is 10.7 Å². The van der Waals surface area contributed by atoms with Gasteiger partial charge in [-0.2, -0.15) is 0 Å². The lowest BCUT2D eigenvalue weighted by atomic mass is 10.0. The number of carbonyl (C=O) groups excluding carboxylic acids is 1. The maximum Gasteiger partial charge on any atom is 0.264 e. The third-order valence-corrected chi connectivity index (χ3v) is 7.26. The van der Waals surface area contributed by atoms with Crippen molar-refractivity contribution in [2.75, 3.05) is 16.2 Å². The largest absolute Gasteiger partial charge is 0.324 e. The molecule has 3 rings (SSSR count). The molecule has 0 aliphatic rings. The summed E-state index contributed by atoms with van der Waals surface area (Å²) in [6, 6.07) is 18.3. The Morgan fingerprint density at radius 3 is 2.31 bits per heavy atom. The van der Waals surface area contributed by atoms with Crippen LogP contribution in [0.3, 0.4) is 0 Å². The average molecular weight is 491 g/mol. The summed E-state index contributed by atoms with van der Waals surface area (Å²) >= 11 is 12.4. The van der Waals surface area contributed by atoms with Crippen LogP contribution < -0.4 is 9.62 Å². The Bertz CT molecular complexity index is 1230. The molecule has 0 aromatic heterocycles. The third-order valence-electron chi connectivity index (χ3n) is 4.93. The highest BCUT2D eigenvalue weighted by Crippen LogP contribution is 2.33. The van der Waals surface area contributed by atoms with Crippen LogP contribution in [0, 0.1) is 6.92 Å². The van der Waals surface area contributed by atoms with Gasteiger partial charge in [0.2, 0.25) is 5.91 Å². The fourth-order valence-electron chi connectivity index (χ4n) is 3.25. The molecule has 168 valence electrons. The topological polar surface area (TPSA) is 66.5 Å². The SMILES string of the molecule is Cc1ccc(S(=O)(=O)N(CC(=O)Nc2ccccc2C(C)C)c2cc(Cl)ccc2Cl)cc1. The van der Waals surface area contributed by atoms with Crippen molar-refractivity contribution in [2.24, 2.45) is 0 Å². The number of rotatable bonds is 7. The minimum Gasteiger partial charge on any atom is -0.324 e. The summed E-state index contributed by atoms with van der Waals surface area (Å²) in [5.41, 5.74) is 2.64. The Hall–Kier alpha value is -2.54. The van der Waals surface area contributed by atoms with Gasteiger partial charge in [0.15, 0.2) is 0 Å². The van der Waals surface area contributed by atoms with Crippen LogP contribution >= 0.6 is 23.2 Å². The lowest BCUT2D eigenvalue weighted by molar-refractivity contribution is -0.114. The lowest BCUT2D eigenvalue weighted by Gasteiger charge is -2.25. The molecule has 0 bridgehead atoms. The van der Waals surface area contributed by atoms with Crippen LogP contribution in [0.5, 0.6) is 0 Å². The van der Waals surface area contributed by atoms with E-state index in [0.29, 0.717) is 10.7 Å². The van der Waals surface area contributed by atoms with E-state index < -0.39 is 22.5 Å². The Labute approximate surface area is 199 Å². The second kappa shape index (κ2) is 9.94. The van der Waals surface area contributed by atoms with Crippen molar-refractivity contribution < 1.29 is 13.2 Å². The van der Waals surface area contributed by atoms with Crippen molar-refractivity contribution in [1.29, 1.82) is 0 Å². The zero-order chi connectivity index (χ0) is 23.5. The van der Waals surface area contributed by atoms with Crippen LogP contribution in [-0.4, -0.2) is 20.9 Å². The zero-order valence-electron chi connectivity index (χ0n) is 18.0. The van der Waals surface area contributed by atoms with Crippen molar-refractivity contribution in [3.05, 3.63) is 87.9 Å². The predicted octanol–water partition coefficient (Wildman–Crippen LogP) is 6.26. The number of carbonyl (C=O) groups is 1. The third kappa shape index (κ3) is 5.44. The van der Waals surface area contributed by atoms with Crippen molar-refractivity contribution in [3.8, 4) is 0 Å². The first-order valence-electron chi connectivity index (χ1n) is 10.0. The monoisotopic (exact) mass is 490 g/mol. The highest BCUT2D eigenvalue weighted by Gasteiger charge is 2.29. The van der Waals surface area contributed by atoms with Crippen LogP contribution in [0.25, 0.3) is 0 Å². The highest BCUT2D eigenvalue weighted by atomic mass is 35.5. The summed E-state index contributed by atoms with van der Waals surface area (Å²) in [7, 11) is -4.09. The van der Waals surface area contributed by atoms with Crippen LogP contribution in [0.15, 0.2) is 71.6 Å². The number of sulfonamides is 1. The van der Waals surface area contributed by atoms with E-state index in [-0.39, 0.29) is 21.5 Å². The fourth-order valence-corrected chi connectivity index (χ4v) is 5.12. The maximum atomic E-state index is 13.5. The summed E-state index contributed by atoms with van der Waals surface area (Å²) in [5.74, 6) is -0.314. The molecule has 1 N–H and O–H groups in total. The van der Waals surface area contributed by atoms with E-state index in [1.54, 1.807) is 24.3 Å². The van der Waals surface area contributed by atoms with Gasteiger partial charge in [-0.1, -0.05) is 72.9 Å². The number of nitrogens with zero attached hydrogens (tertiary/aromatic N) is 1. The van der Waals surface area contributed by atoms with Gasteiger partial charge in [0.25, 0.3) is 10.0 Å². The summed E-state index contributed by atoms with van der Waals surface area (Å²) in [4.78, 5) is 13.1. The van der Waals surface area contributed by atoms with Gasteiger partial charge >= 0.3 is 0 Å². The second-order valence-corrected chi connectivity index (χ2v) is 10.4. The average Bonchev–Trinajstić information content (AvgIpc) is 2.74. The molecule has 0 unspecified atom stereocenters. The number of anilines is 2. The van der Waals surface area contributed by atoms with E-state index in [0.717, 1.165) is 15.4 Å². The predicted molar refractivity (Wildman–Crippen MR) is 131 cm³/mol. The summed E-state index contributed by atoms with van der Waals surface area (Å²) in [6.07, 6.45) is 0. The van der Waals surface area contributed by atoms with Crippen molar-refractivity contribution >= 4 is 50.5 Å². The molecule has 1 amide bonds. The molecule has 0 aliphatic carbocycles. The Morgan fingerprint density at radius 2 is 1.66 bits per heavy atom. The molecule has 0 saturated heterocycles. The Balaban J connectivity index is 2.01. The first kappa shape index (κ1) is 24.1. The van der Waals surface area contributed by atoms with E-state index in [1.807, 2.05) is 39.0 Å². The molecule has 0 atom stereocenters. The smallest absolute Gasteiger partial charge is 0.264 e.